The fourth-order valence-corrected chi connectivity index (χ4v) is 2.66. The Hall–Kier alpha value is -4.40. The van der Waals surface area contributed by atoms with Gasteiger partial charge in [0.15, 0.2) is 5.82 Å². The fraction of sp³-hybridized carbons (Fsp3) is 0.0476. The molecule has 0 saturated carbocycles. The predicted molar refractivity (Wildman–Crippen MR) is 107 cm³/mol. The molecule has 0 spiro atoms. The first-order chi connectivity index (χ1) is 14.6. The number of nitro benzene ring substituents is 1. The average Bonchev–Trinajstić information content (AvgIpc) is 2.74. The Labute approximate surface area is 171 Å². The minimum Gasteiger partial charge on any atom is -0.439 e. The van der Waals surface area contributed by atoms with Crippen LogP contribution in [0.15, 0.2) is 73.2 Å². The molecule has 0 atom stereocenters. The summed E-state index contributed by atoms with van der Waals surface area (Å²) in [5.41, 5.74) is 1.15. The molecule has 9 nitrogen and oxygen atoms in total. The van der Waals surface area contributed by atoms with E-state index in [0.717, 1.165) is 0 Å². The van der Waals surface area contributed by atoms with Gasteiger partial charge in [-0.1, -0.05) is 18.2 Å². The minimum atomic E-state index is -0.459. The van der Waals surface area contributed by atoms with Crippen LogP contribution in [-0.2, 0) is 0 Å². The summed E-state index contributed by atoms with van der Waals surface area (Å²) in [5.74, 6) is 2.03. The molecule has 0 bridgehead atoms. The van der Waals surface area contributed by atoms with Crippen molar-refractivity contribution in [2.45, 2.75) is 6.92 Å². The summed E-state index contributed by atoms with van der Waals surface area (Å²) in [7, 11) is 0. The molecule has 0 amide bonds. The van der Waals surface area contributed by atoms with Crippen LogP contribution in [0.4, 0.5) is 5.69 Å². The second kappa shape index (κ2) is 8.31. The molecule has 2 aromatic carbocycles. The van der Waals surface area contributed by atoms with Crippen LogP contribution in [0.3, 0.4) is 0 Å². The molecular formula is C21H15N5O4. The monoisotopic (exact) mass is 401 g/mol. The van der Waals surface area contributed by atoms with E-state index in [0.29, 0.717) is 40.3 Å². The lowest BCUT2D eigenvalue weighted by atomic mass is 10.2. The van der Waals surface area contributed by atoms with Crippen LogP contribution >= 0.6 is 0 Å². The second-order valence-electron chi connectivity index (χ2n) is 6.20. The highest BCUT2D eigenvalue weighted by molar-refractivity contribution is 5.59. The zero-order chi connectivity index (χ0) is 20.9. The summed E-state index contributed by atoms with van der Waals surface area (Å²) in [5, 5.41) is 11.0. The van der Waals surface area contributed by atoms with Gasteiger partial charge in [-0.3, -0.25) is 15.1 Å². The number of aryl methyl sites for hydroxylation is 1. The maximum absolute atomic E-state index is 11.0. The number of nitrogens with zero attached hydrogens (tertiary/aromatic N) is 5. The number of hydrogen-bond donors (Lipinski definition) is 0. The van der Waals surface area contributed by atoms with Crippen molar-refractivity contribution >= 4 is 5.69 Å². The van der Waals surface area contributed by atoms with Gasteiger partial charge in [0.25, 0.3) is 5.69 Å². The van der Waals surface area contributed by atoms with Gasteiger partial charge in [0, 0.05) is 47.9 Å². The Morgan fingerprint density at radius 2 is 1.67 bits per heavy atom. The Kier molecular flexibility index (Phi) is 5.25. The number of rotatable bonds is 6. The first-order valence-corrected chi connectivity index (χ1v) is 8.89. The van der Waals surface area contributed by atoms with Crippen LogP contribution in [-0.4, -0.2) is 24.9 Å². The molecular weight excluding hydrogens is 386 g/mol. The summed E-state index contributed by atoms with van der Waals surface area (Å²) in [6.07, 6.45) is 4.60. The number of hydrogen-bond acceptors (Lipinski definition) is 8. The van der Waals surface area contributed by atoms with E-state index < -0.39 is 4.92 Å². The van der Waals surface area contributed by atoms with E-state index in [-0.39, 0.29) is 5.69 Å². The lowest BCUT2D eigenvalue weighted by Crippen LogP contribution is -1.97. The Balaban J connectivity index is 1.59. The first-order valence-electron chi connectivity index (χ1n) is 8.89. The number of aromatic nitrogens is 4. The van der Waals surface area contributed by atoms with E-state index in [1.807, 2.05) is 0 Å². The fourth-order valence-electron chi connectivity index (χ4n) is 2.66. The number of nitro groups is 1. The molecule has 0 aliphatic rings. The molecule has 30 heavy (non-hydrogen) atoms. The van der Waals surface area contributed by atoms with Gasteiger partial charge in [0.2, 0.25) is 11.8 Å². The zero-order valence-electron chi connectivity index (χ0n) is 15.8. The highest BCUT2D eigenvalue weighted by atomic mass is 16.6. The molecule has 0 N–H and O–H groups in total. The number of ether oxygens (including phenoxy) is 2. The molecule has 0 fully saturated rings. The van der Waals surface area contributed by atoms with Gasteiger partial charge in [-0.15, -0.1) is 0 Å². The third-order valence-electron chi connectivity index (χ3n) is 3.94. The average molecular weight is 401 g/mol. The summed E-state index contributed by atoms with van der Waals surface area (Å²) < 4.78 is 11.5. The third-order valence-corrected chi connectivity index (χ3v) is 3.94. The molecule has 0 saturated heterocycles. The van der Waals surface area contributed by atoms with Crippen LogP contribution in [0.5, 0.6) is 23.3 Å². The third kappa shape index (κ3) is 4.53. The summed E-state index contributed by atoms with van der Waals surface area (Å²) in [6, 6.07) is 14.8. The summed E-state index contributed by atoms with van der Waals surface area (Å²) in [4.78, 5) is 27.4. The van der Waals surface area contributed by atoms with Crippen molar-refractivity contribution in [1.29, 1.82) is 0 Å². The lowest BCUT2D eigenvalue weighted by molar-refractivity contribution is -0.384. The topological polar surface area (TPSA) is 113 Å². The standard InChI is InChI=1S/C21H15N5O4/c1-14-10-19(25-21(24-14)15-4-2-5-16(11-15)26(27)28)29-17-6-3-7-18(12-17)30-20-13-22-8-9-23-20/h2-13H,1H3. The molecule has 0 aliphatic heterocycles. The highest BCUT2D eigenvalue weighted by Crippen LogP contribution is 2.28. The van der Waals surface area contributed by atoms with Gasteiger partial charge < -0.3 is 9.47 Å². The largest absolute Gasteiger partial charge is 0.439 e. The molecule has 0 aliphatic carbocycles. The van der Waals surface area contributed by atoms with Gasteiger partial charge in [-0.05, 0) is 19.1 Å². The minimum absolute atomic E-state index is 0.0334. The predicted octanol–water partition coefficient (Wildman–Crippen LogP) is 4.73. The molecule has 0 unspecified atom stereocenters. The molecule has 4 rings (SSSR count). The zero-order valence-corrected chi connectivity index (χ0v) is 15.8. The maximum Gasteiger partial charge on any atom is 0.270 e. The van der Waals surface area contributed by atoms with E-state index in [4.69, 9.17) is 9.47 Å². The molecule has 2 aromatic heterocycles. The van der Waals surface area contributed by atoms with E-state index in [9.17, 15) is 10.1 Å². The van der Waals surface area contributed by atoms with Crippen LogP contribution in [0.25, 0.3) is 11.4 Å². The van der Waals surface area contributed by atoms with Gasteiger partial charge in [-0.25, -0.2) is 9.97 Å². The van der Waals surface area contributed by atoms with Crippen LogP contribution < -0.4 is 9.47 Å². The molecule has 9 heteroatoms. The van der Waals surface area contributed by atoms with Crippen LogP contribution in [0, 0.1) is 17.0 Å². The van der Waals surface area contributed by atoms with Crippen molar-refractivity contribution in [3.05, 3.63) is 89.0 Å². The van der Waals surface area contributed by atoms with Gasteiger partial charge in [-0.2, -0.15) is 4.98 Å². The number of benzene rings is 2. The maximum atomic E-state index is 11.0. The highest BCUT2D eigenvalue weighted by Gasteiger charge is 2.12. The van der Waals surface area contributed by atoms with E-state index in [1.165, 1.54) is 24.5 Å². The second-order valence-corrected chi connectivity index (χ2v) is 6.20. The summed E-state index contributed by atoms with van der Waals surface area (Å²) >= 11 is 0. The SMILES string of the molecule is Cc1cc(Oc2cccc(Oc3cnccn3)c2)nc(-c2cccc([N+](=O)[O-])c2)n1. The van der Waals surface area contributed by atoms with Gasteiger partial charge in [0.05, 0.1) is 11.1 Å². The lowest BCUT2D eigenvalue weighted by Gasteiger charge is -2.09. The van der Waals surface area contributed by atoms with Crippen LogP contribution in [0.2, 0.25) is 0 Å². The van der Waals surface area contributed by atoms with Gasteiger partial charge in [0.1, 0.15) is 11.5 Å². The Morgan fingerprint density at radius 1 is 0.900 bits per heavy atom. The quantitative estimate of drug-likeness (QED) is 0.336. The molecule has 148 valence electrons. The summed E-state index contributed by atoms with van der Waals surface area (Å²) in [6.45, 7) is 1.79. The van der Waals surface area contributed by atoms with Crippen molar-refractivity contribution < 1.29 is 14.4 Å². The Bertz CT molecular complexity index is 1200. The smallest absolute Gasteiger partial charge is 0.270 e. The van der Waals surface area contributed by atoms with E-state index in [1.54, 1.807) is 55.6 Å². The molecule has 2 heterocycles. The van der Waals surface area contributed by atoms with Gasteiger partial charge >= 0.3 is 0 Å². The van der Waals surface area contributed by atoms with Crippen molar-refractivity contribution in [1.82, 2.24) is 19.9 Å². The number of non-ortho nitro benzene ring substituents is 1. The Morgan fingerprint density at radius 3 is 2.40 bits per heavy atom. The van der Waals surface area contributed by atoms with Crippen molar-refractivity contribution in [3.8, 4) is 34.6 Å². The van der Waals surface area contributed by atoms with E-state index in [2.05, 4.69) is 19.9 Å². The molecule has 0 radical (unpaired) electrons. The van der Waals surface area contributed by atoms with Crippen molar-refractivity contribution in [3.63, 3.8) is 0 Å². The molecule has 4 aromatic rings. The van der Waals surface area contributed by atoms with Crippen molar-refractivity contribution in [2.24, 2.45) is 0 Å². The van der Waals surface area contributed by atoms with E-state index >= 15 is 0 Å². The van der Waals surface area contributed by atoms with Crippen molar-refractivity contribution in [2.75, 3.05) is 0 Å². The van der Waals surface area contributed by atoms with Crippen LogP contribution in [0.1, 0.15) is 5.69 Å². The first kappa shape index (κ1) is 18.9. The normalized spacial score (nSPS) is 10.4.